The molecule has 1 aliphatic rings. The van der Waals surface area contributed by atoms with Crippen LogP contribution in [0, 0.1) is 0 Å². The first kappa shape index (κ1) is 15.6. The number of nitrogens with one attached hydrogen (secondary N) is 1. The molecule has 20 heavy (non-hydrogen) atoms. The summed E-state index contributed by atoms with van der Waals surface area (Å²) in [6, 6.07) is 0.699. The number of hydrogen-bond acceptors (Lipinski definition) is 6. The van der Waals surface area contributed by atoms with E-state index in [0.717, 1.165) is 18.6 Å². The SMILES string of the molecule is CCCOc1nc(Cl)nc(NC2CCCC2SCC)n1. The molecule has 2 atom stereocenters. The van der Waals surface area contributed by atoms with Gasteiger partial charge in [-0.2, -0.15) is 26.7 Å². The quantitative estimate of drug-likeness (QED) is 0.832. The minimum Gasteiger partial charge on any atom is -0.463 e. The molecule has 1 aromatic rings. The van der Waals surface area contributed by atoms with Crippen LogP contribution in [0.25, 0.3) is 0 Å². The Morgan fingerprint density at radius 2 is 2.15 bits per heavy atom. The van der Waals surface area contributed by atoms with Crippen molar-refractivity contribution in [2.75, 3.05) is 17.7 Å². The topological polar surface area (TPSA) is 59.9 Å². The van der Waals surface area contributed by atoms with Crippen LogP contribution in [0.5, 0.6) is 6.01 Å². The molecule has 0 amide bonds. The van der Waals surface area contributed by atoms with Gasteiger partial charge in [-0.05, 0) is 36.6 Å². The second-order valence-electron chi connectivity index (χ2n) is 4.73. The number of anilines is 1. The zero-order valence-electron chi connectivity index (χ0n) is 11.9. The average Bonchev–Trinajstić information content (AvgIpc) is 2.84. The first-order chi connectivity index (χ1) is 9.72. The number of rotatable bonds is 7. The molecule has 2 unspecified atom stereocenters. The largest absolute Gasteiger partial charge is 0.463 e. The second kappa shape index (κ2) is 7.88. The van der Waals surface area contributed by atoms with E-state index in [1.165, 1.54) is 12.8 Å². The van der Waals surface area contributed by atoms with Crippen LogP contribution in [0.15, 0.2) is 0 Å². The van der Waals surface area contributed by atoms with E-state index in [2.05, 4.69) is 27.2 Å². The third kappa shape index (κ3) is 4.38. The van der Waals surface area contributed by atoms with Crippen molar-refractivity contribution < 1.29 is 4.74 Å². The van der Waals surface area contributed by atoms with Crippen LogP contribution in [-0.2, 0) is 0 Å². The van der Waals surface area contributed by atoms with E-state index in [9.17, 15) is 0 Å². The van der Waals surface area contributed by atoms with Gasteiger partial charge in [0.05, 0.1) is 6.61 Å². The molecule has 7 heteroatoms. The maximum atomic E-state index is 5.92. The maximum Gasteiger partial charge on any atom is 0.322 e. The Morgan fingerprint density at radius 1 is 1.30 bits per heavy atom. The molecule has 0 bridgehead atoms. The number of thioether (sulfide) groups is 1. The van der Waals surface area contributed by atoms with Gasteiger partial charge in [0.15, 0.2) is 0 Å². The normalized spacial score (nSPS) is 21.9. The van der Waals surface area contributed by atoms with Gasteiger partial charge >= 0.3 is 6.01 Å². The van der Waals surface area contributed by atoms with Crippen molar-refractivity contribution in [3.05, 3.63) is 5.28 Å². The number of aromatic nitrogens is 3. The summed E-state index contributed by atoms with van der Waals surface area (Å²) in [6.07, 6.45) is 4.54. The van der Waals surface area contributed by atoms with Gasteiger partial charge < -0.3 is 10.1 Å². The van der Waals surface area contributed by atoms with E-state index in [-0.39, 0.29) is 5.28 Å². The van der Waals surface area contributed by atoms with Crippen molar-refractivity contribution in [2.45, 2.75) is 50.8 Å². The van der Waals surface area contributed by atoms with Gasteiger partial charge in [-0.25, -0.2) is 0 Å². The van der Waals surface area contributed by atoms with E-state index >= 15 is 0 Å². The Hall–Kier alpha value is -0.750. The van der Waals surface area contributed by atoms with Gasteiger partial charge in [0, 0.05) is 11.3 Å². The predicted octanol–water partition coefficient (Wildman–Crippen LogP) is 3.40. The van der Waals surface area contributed by atoms with Crippen LogP contribution < -0.4 is 10.1 Å². The van der Waals surface area contributed by atoms with Crippen molar-refractivity contribution >= 4 is 29.3 Å². The van der Waals surface area contributed by atoms with Gasteiger partial charge in [0.25, 0.3) is 0 Å². The number of ether oxygens (including phenoxy) is 1. The molecule has 0 aromatic carbocycles. The number of nitrogens with zero attached hydrogens (tertiary/aromatic N) is 3. The second-order valence-corrected chi connectivity index (χ2v) is 6.59. The van der Waals surface area contributed by atoms with E-state index < -0.39 is 0 Å². The van der Waals surface area contributed by atoms with Gasteiger partial charge in [-0.3, -0.25) is 0 Å². The summed E-state index contributed by atoms with van der Waals surface area (Å²) in [5.41, 5.74) is 0. The Kier molecular flexibility index (Phi) is 6.16. The lowest BCUT2D eigenvalue weighted by molar-refractivity contribution is 0.291. The van der Waals surface area contributed by atoms with E-state index in [0.29, 0.717) is 29.9 Å². The molecule has 5 nitrogen and oxygen atoms in total. The molecule has 1 aliphatic carbocycles. The molecule has 0 aliphatic heterocycles. The number of hydrogen-bond donors (Lipinski definition) is 1. The fourth-order valence-electron chi connectivity index (χ4n) is 2.32. The molecule has 0 saturated heterocycles. The van der Waals surface area contributed by atoms with Crippen molar-refractivity contribution in [1.29, 1.82) is 0 Å². The lowest BCUT2D eigenvalue weighted by atomic mass is 10.2. The standard InChI is InChI=1S/C13H21ClN4OS/c1-3-8-19-13-17-11(14)16-12(18-13)15-9-6-5-7-10(9)20-4-2/h9-10H,3-8H2,1-2H3,(H,15,16,17,18). The lowest BCUT2D eigenvalue weighted by Gasteiger charge is -2.20. The zero-order valence-corrected chi connectivity index (χ0v) is 13.5. The summed E-state index contributed by atoms with van der Waals surface area (Å²) in [5.74, 6) is 1.65. The molecular formula is C13H21ClN4OS. The van der Waals surface area contributed by atoms with Gasteiger partial charge in [0.1, 0.15) is 0 Å². The highest BCUT2D eigenvalue weighted by Crippen LogP contribution is 2.31. The molecule has 1 fully saturated rings. The van der Waals surface area contributed by atoms with Crippen LogP contribution in [0.4, 0.5) is 5.95 Å². The first-order valence-corrected chi connectivity index (χ1v) is 8.58. The van der Waals surface area contributed by atoms with Gasteiger partial charge in [-0.15, -0.1) is 0 Å². The average molecular weight is 317 g/mol. The van der Waals surface area contributed by atoms with Gasteiger partial charge in [-0.1, -0.05) is 20.3 Å². The van der Waals surface area contributed by atoms with E-state index in [1.54, 1.807) is 0 Å². The van der Waals surface area contributed by atoms with Crippen molar-refractivity contribution in [3.8, 4) is 6.01 Å². The highest BCUT2D eigenvalue weighted by Gasteiger charge is 2.27. The van der Waals surface area contributed by atoms with Crippen molar-refractivity contribution in [1.82, 2.24) is 15.0 Å². The molecule has 1 N–H and O–H groups in total. The van der Waals surface area contributed by atoms with Crippen LogP contribution in [-0.4, -0.2) is 38.6 Å². The van der Waals surface area contributed by atoms with E-state index in [1.807, 2.05) is 18.7 Å². The Morgan fingerprint density at radius 3 is 2.90 bits per heavy atom. The Balaban J connectivity index is 2.02. The molecule has 1 aromatic heterocycles. The van der Waals surface area contributed by atoms with Crippen LogP contribution in [0.2, 0.25) is 5.28 Å². The minimum absolute atomic E-state index is 0.172. The molecule has 0 spiro atoms. The summed E-state index contributed by atoms with van der Waals surface area (Å²) >= 11 is 7.92. The summed E-state index contributed by atoms with van der Waals surface area (Å²) < 4.78 is 5.42. The fraction of sp³-hybridized carbons (Fsp3) is 0.769. The zero-order chi connectivity index (χ0) is 14.4. The summed E-state index contributed by atoms with van der Waals surface area (Å²) in [4.78, 5) is 12.4. The molecule has 0 radical (unpaired) electrons. The minimum atomic E-state index is 0.172. The smallest absolute Gasteiger partial charge is 0.322 e. The van der Waals surface area contributed by atoms with Crippen molar-refractivity contribution in [3.63, 3.8) is 0 Å². The molecular weight excluding hydrogens is 296 g/mol. The molecule has 2 rings (SSSR count). The highest BCUT2D eigenvalue weighted by atomic mass is 35.5. The Bertz CT molecular complexity index is 435. The van der Waals surface area contributed by atoms with Crippen molar-refractivity contribution in [2.24, 2.45) is 0 Å². The lowest BCUT2D eigenvalue weighted by Crippen LogP contribution is -2.27. The fourth-order valence-corrected chi connectivity index (χ4v) is 3.68. The molecule has 1 saturated carbocycles. The maximum absolute atomic E-state index is 5.92. The third-order valence-corrected chi connectivity index (χ3v) is 4.67. The molecule has 112 valence electrons. The summed E-state index contributed by atoms with van der Waals surface area (Å²) in [5, 5.41) is 4.18. The number of halogens is 1. The van der Waals surface area contributed by atoms with Crippen LogP contribution >= 0.6 is 23.4 Å². The van der Waals surface area contributed by atoms with Crippen LogP contribution in [0.3, 0.4) is 0 Å². The Labute approximate surface area is 129 Å². The third-order valence-electron chi connectivity index (χ3n) is 3.17. The van der Waals surface area contributed by atoms with Gasteiger partial charge in [0.2, 0.25) is 11.2 Å². The summed E-state index contributed by atoms with van der Waals surface area (Å²) in [6.45, 7) is 4.81. The van der Waals surface area contributed by atoms with E-state index in [4.69, 9.17) is 16.3 Å². The summed E-state index contributed by atoms with van der Waals surface area (Å²) in [7, 11) is 0. The monoisotopic (exact) mass is 316 g/mol. The molecule has 1 heterocycles. The van der Waals surface area contributed by atoms with Crippen LogP contribution in [0.1, 0.15) is 39.5 Å². The predicted molar refractivity (Wildman–Crippen MR) is 83.8 cm³/mol. The first-order valence-electron chi connectivity index (χ1n) is 7.15. The highest BCUT2D eigenvalue weighted by molar-refractivity contribution is 7.99.